The molecule has 1 aromatic rings. The van der Waals surface area contributed by atoms with E-state index in [9.17, 15) is 4.79 Å². The molecular weight excluding hydrogens is 256 g/mol. The van der Waals surface area contributed by atoms with Crippen LogP contribution in [0.3, 0.4) is 0 Å². The molecule has 1 atom stereocenters. The molecule has 4 N–H and O–H groups in total. The van der Waals surface area contributed by atoms with Gasteiger partial charge >= 0.3 is 0 Å². The highest BCUT2D eigenvalue weighted by atomic mass is 16.5. The van der Waals surface area contributed by atoms with Crippen LogP contribution in [0, 0.1) is 5.92 Å². The fourth-order valence-corrected chi connectivity index (χ4v) is 2.22. The average Bonchev–Trinajstić information content (AvgIpc) is 3.26. The van der Waals surface area contributed by atoms with Gasteiger partial charge in [-0.1, -0.05) is 0 Å². The summed E-state index contributed by atoms with van der Waals surface area (Å²) < 4.78 is 5.64. The van der Waals surface area contributed by atoms with Crippen molar-refractivity contribution in [3.8, 4) is 5.88 Å². The number of nitrogens with one attached hydrogen (secondary N) is 2. The van der Waals surface area contributed by atoms with E-state index in [0.29, 0.717) is 29.9 Å². The Kier molecular flexibility index (Phi) is 3.62. The minimum absolute atomic E-state index is 0.0234. The van der Waals surface area contributed by atoms with Crippen LogP contribution in [-0.2, 0) is 4.79 Å². The third-order valence-corrected chi connectivity index (χ3v) is 3.65. The summed E-state index contributed by atoms with van der Waals surface area (Å²) in [5.74, 6) is 1.76. The molecule has 0 radical (unpaired) electrons. The van der Waals surface area contributed by atoms with E-state index in [1.807, 2.05) is 0 Å². The van der Waals surface area contributed by atoms with Crippen LogP contribution in [-0.4, -0.2) is 30.1 Å². The van der Waals surface area contributed by atoms with E-state index in [-0.39, 0.29) is 11.9 Å². The first kappa shape index (κ1) is 13.0. The molecule has 0 aromatic carbocycles. The minimum atomic E-state index is -0.226. The molecule has 20 heavy (non-hydrogen) atoms. The van der Waals surface area contributed by atoms with Crippen molar-refractivity contribution in [3.05, 3.63) is 12.1 Å². The number of nitrogens with zero attached hydrogens (tertiary/aromatic N) is 1. The summed E-state index contributed by atoms with van der Waals surface area (Å²) in [5, 5.41) is 5.98. The van der Waals surface area contributed by atoms with Gasteiger partial charge < -0.3 is 21.1 Å². The van der Waals surface area contributed by atoms with Crippen LogP contribution in [0.25, 0.3) is 0 Å². The lowest BCUT2D eigenvalue weighted by Gasteiger charge is -2.23. The Balaban J connectivity index is 1.65. The molecule has 3 rings (SSSR count). The summed E-state index contributed by atoms with van der Waals surface area (Å²) in [6, 6.07) is 3.32. The van der Waals surface area contributed by atoms with E-state index in [0.717, 1.165) is 19.4 Å². The molecule has 0 spiro atoms. The summed E-state index contributed by atoms with van der Waals surface area (Å²) >= 11 is 0. The molecule has 2 fully saturated rings. The molecule has 6 nitrogen and oxygen atoms in total. The smallest absolute Gasteiger partial charge is 0.242 e. The Morgan fingerprint density at radius 3 is 3.00 bits per heavy atom. The number of pyridine rings is 1. The van der Waals surface area contributed by atoms with Crippen molar-refractivity contribution in [1.82, 2.24) is 10.3 Å². The van der Waals surface area contributed by atoms with Crippen LogP contribution < -0.4 is 21.1 Å². The van der Waals surface area contributed by atoms with Crippen molar-refractivity contribution in [1.29, 1.82) is 0 Å². The zero-order valence-corrected chi connectivity index (χ0v) is 11.4. The second-order valence-electron chi connectivity index (χ2n) is 5.48. The third-order valence-electron chi connectivity index (χ3n) is 3.65. The van der Waals surface area contributed by atoms with Crippen molar-refractivity contribution in [2.75, 3.05) is 24.2 Å². The third kappa shape index (κ3) is 3.12. The molecule has 6 heteroatoms. The lowest BCUT2D eigenvalue weighted by Crippen LogP contribution is -2.44. The van der Waals surface area contributed by atoms with Crippen LogP contribution in [0.2, 0.25) is 0 Å². The van der Waals surface area contributed by atoms with Gasteiger partial charge in [0, 0.05) is 6.54 Å². The number of nitrogen functional groups attached to an aromatic ring is 1. The lowest BCUT2D eigenvalue weighted by atomic mass is 10.1. The second-order valence-corrected chi connectivity index (χ2v) is 5.48. The molecule has 1 amide bonds. The number of aromatic nitrogens is 1. The molecule has 0 bridgehead atoms. The molecular formula is C14H20N4O2. The zero-order valence-electron chi connectivity index (χ0n) is 11.4. The number of carbonyl (C=O) groups is 1. The number of hydrogen-bond acceptors (Lipinski definition) is 5. The highest BCUT2D eigenvalue weighted by Gasteiger charge is 2.24. The van der Waals surface area contributed by atoms with Gasteiger partial charge in [0.15, 0.2) is 0 Å². The highest BCUT2D eigenvalue weighted by Crippen LogP contribution is 2.30. The fraction of sp³-hybridized carbons (Fsp3) is 0.571. The number of piperidine rings is 1. The van der Waals surface area contributed by atoms with Crippen LogP contribution >= 0.6 is 0 Å². The van der Waals surface area contributed by atoms with Gasteiger partial charge in [0.2, 0.25) is 11.8 Å². The first-order valence-corrected chi connectivity index (χ1v) is 7.16. The lowest BCUT2D eigenvalue weighted by molar-refractivity contribution is -0.123. The van der Waals surface area contributed by atoms with Gasteiger partial charge in [-0.05, 0) is 43.7 Å². The van der Waals surface area contributed by atoms with E-state index in [2.05, 4.69) is 15.6 Å². The normalized spacial score (nSPS) is 22.2. The standard InChI is InChI=1S/C14H20N4O2/c15-10-5-6-12(17-11-2-1-7-16-13(11)19)18-14(10)20-8-9-3-4-9/h5-6,9,11H,1-4,7-8,15H2,(H,16,19)(H,17,18). The van der Waals surface area contributed by atoms with Crippen LogP contribution in [0.4, 0.5) is 11.5 Å². The van der Waals surface area contributed by atoms with Gasteiger partial charge in [0.1, 0.15) is 11.9 Å². The summed E-state index contributed by atoms with van der Waals surface area (Å²) in [7, 11) is 0. The van der Waals surface area contributed by atoms with Gasteiger partial charge in [-0.15, -0.1) is 0 Å². The van der Waals surface area contributed by atoms with Crippen molar-refractivity contribution in [3.63, 3.8) is 0 Å². The monoisotopic (exact) mass is 276 g/mol. The Bertz CT molecular complexity index is 502. The second kappa shape index (κ2) is 5.56. The fourth-order valence-electron chi connectivity index (χ4n) is 2.22. The maximum Gasteiger partial charge on any atom is 0.242 e. The molecule has 2 heterocycles. The summed E-state index contributed by atoms with van der Waals surface area (Å²) in [5.41, 5.74) is 6.39. The molecule has 1 saturated carbocycles. The summed E-state index contributed by atoms with van der Waals surface area (Å²) in [6.45, 7) is 1.42. The minimum Gasteiger partial charge on any atom is -0.476 e. The predicted molar refractivity (Wildman–Crippen MR) is 76.5 cm³/mol. The van der Waals surface area contributed by atoms with Crippen molar-refractivity contribution >= 4 is 17.4 Å². The quantitative estimate of drug-likeness (QED) is 0.750. The molecule has 1 aromatic heterocycles. The Morgan fingerprint density at radius 2 is 2.25 bits per heavy atom. The average molecular weight is 276 g/mol. The summed E-state index contributed by atoms with van der Waals surface area (Å²) in [6.07, 6.45) is 4.24. The molecule has 1 unspecified atom stereocenters. The Hall–Kier alpha value is -1.98. The number of rotatable bonds is 5. The number of amides is 1. The van der Waals surface area contributed by atoms with E-state index in [1.165, 1.54) is 12.8 Å². The van der Waals surface area contributed by atoms with Crippen molar-refractivity contribution < 1.29 is 9.53 Å². The molecule has 108 valence electrons. The largest absolute Gasteiger partial charge is 0.476 e. The number of carbonyl (C=O) groups excluding carboxylic acids is 1. The van der Waals surface area contributed by atoms with Crippen LogP contribution in [0.1, 0.15) is 25.7 Å². The number of nitrogens with two attached hydrogens (primary N) is 1. The van der Waals surface area contributed by atoms with Crippen molar-refractivity contribution in [2.24, 2.45) is 5.92 Å². The first-order chi connectivity index (χ1) is 9.72. The zero-order chi connectivity index (χ0) is 13.9. The van der Waals surface area contributed by atoms with Gasteiger partial charge in [0.05, 0.1) is 12.3 Å². The Labute approximate surface area is 118 Å². The number of hydrogen-bond donors (Lipinski definition) is 3. The van der Waals surface area contributed by atoms with Gasteiger partial charge in [0.25, 0.3) is 0 Å². The predicted octanol–water partition coefficient (Wildman–Crippen LogP) is 1.14. The molecule has 1 aliphatic heterocycles. The van der Waals surface area contributed by atoms with Gasteiger partial charge in [-0.25, -0.2) is 0 Å². The van der Waals surface area contributed by atoms with Crippen LogP contribution in [0.15, 0.2) is 12.1 Å². The molecule has 1 aliphatic carbocycles. The number of anilines is 2. The van der Waals surface area contributed by atoms with Crippen molar-refractivity contribution in [2.45, 2.75) is 31.7 Å². The molecule has 1 saturated heterocycles. The number of ether oxygens (including phenoxy) is 1. The van der Waals surface area contributed by atoms with E-state index >= 15 is 0 Å². The Morgan fingerprint density at radius 1 is 1.40 bits per heavy atom. The first-order valence-electron chi connectivity index (χ1n) is 7.16. The SMILES string of the molecule is Nc1ccc(NC2CCCNC2=O)nc1OCC1CC1. The van der Waals surface area contributed by atoms with E-state index in [1.54, 1.807) is 12.1 Å². The maximum atomic E-state index is 11.7. The highest BCUT2D eigenvalue weighted by molar-refractivity contribution is 5.85. The molecule has 2 aliphatic rings. The van der Waals surface area contributed by atoms with Crippen LogP contribution in [0.5, 0.6) is 5.88 Å². The van der Waals surface area contributed by atoms with E-state index in [4.69, 9.17) is 10.5 Å². The maximum absolute atomic E-state index is 11.7. The van der Waals surface area contributed by atoms with Gasteiger partial charge in [-0.3, -0.25) is 4.79 Å². The van der Waals surface area contributed by atoms with Gasteiger partial charge in [-0.2, -0.15) is 4.98 Å². The topological polar surface area (TPSA) is 89.3 Å². The summed E-state index contributed by atoms with van der Waals surface area (Å²) in [4.78, 5) is 16.1. The van der Waals surface area contributed by atoms with E-state index < -0.39 is 0 Å².